The second kappa shape index (κ2) is 8.22. The third kappa shape index (κ3) is 4.65. The van der Waals surface area contributed by atoms with Gasteiger partial charge in [0.05, 0.1) is 0 Å². The van der Waals surface area contributed by atoms with E-state index in [0.717, 1.165) is 20.8 Å². The lowest BCUT2D eigenvalue weighted by molar-refractivity contribution is -0.128. The van der Waals surface area contributed by atoms with Crippen molar-refractivity contribution in [3.8, 4) is 5.75 Å². The topological polar surface area (TPSA) is 67.4 Å². The molecule has 0 heterocycles. The number of hydrogen-bond acceptors (Lipinski definition) is 3. The number of nitrogens with one attached hydrogen (secondary N) is 2. The molecule has 2 N–H and O–H groups in total. The fourth-order valence-electron chi connectivity index (χ4n) is 2.52. The molecule has 3 rings (SSSR count). The van der Waals surface area contributed by atoms with E-state index >= 15 is 0 Å². The molecule has 0 spiro atoms. The van der Waals surface area contributed by atoms with Gasteiger partial charge < -0.3 is 4.74 Å². The van der Waals surface area contributed by atoms with Crippen LogP contribution in [-0.4, -0.2) is 17.9 Å². The van der Waals surface area contributed by atoms with E-state index in [1.165, 1.54) is 0 Å². The van der Waals surface area contributed by atoms with Crippen molar-refractivity contribution in [2.45, 2.75) is 20.0 Å². The zero-order valence-electron chi connectivity index (χ0n) is 15.0. The summed E-state index contributed by atoms with van der Waals surface area (Å²) in [6.45, 7) is 3.55. The van der Waals surface area contributed by atoms with Crippen molar-refractivity contribution in [1.82, 2.24) is 10.9 Å². The van der Waals surface area contributed by atoms with Gasteiger partial charge in [-0.15, -0.1) is 0 Å². The van der Waals surface area contributed by atoms with E-state index < -0.39 is 17.9 Å². The molecule has 0 aliphatic heterocycles. The Morgan fingerprint density at radius 3 is 2.44 bits per heavy atom. The summed E-state index contributed by atoms with van der Waals surface area (Å²) >= 11 is 3.38. The molecule has 3 aromatic rings. The number of aryl methyl sites for hydroxylation is 1. The lowest BCUT2D eigenvalue weighted by Gasteiger charge is -2.15. The largest absolute Gasteiger partial charge is 0.481 e. The number of ether oxygens (including phenoxy) is 1. The Morgan fingerprint density at radius 2 is 1.70 bits per heavy atom. The van der Waals surface area contributed by atoms with Crippen LogP contribution in [0.2, 0.25) is 0 Å². The van der Waals surface area contributed by atoms with Crippen LogP contribution in [0.4, 0.5) is 0 Å². The number of rotatable bonds is 4. The van der Waals surface area contributed by atoms with Gasteiger partial charge in [0.1, 0.15) is 5.75 Å². The average Bonchev–Trinajstić information content (AvgIpc) is 2.67. The molecule has 138 valence electrons. The van der Waals surface area contributed by atoms with Crippen molar-refractivity contribution in [3.05, 3.63) is 76.3 Å². The van der Waals surface area contributed by atoms with E-state index in [9.17, 15) is 9.59 Å². The zero-order valence-corrected chi connectivity index (χ0v) is 16.5. The number of hydrogen-bond donors (Lipinski definition) is 2. The van der Waals surface area contributed by atoms with Gasteiger partial charge in [-0.05, 0) is 54.4 Å². The minimum Gasteiger partial charge on any atom is -0.481 e. The first-order valence-corrected chi connectivity index (χ1v) is 9.25. The maximum absolute atomic E-state index is 12.2. The highest BCUT2D eigenvalue weighted by atomic mass is 79.9. The zero-order chi connectivity index (χ0) is 19.4. The van der Waals surface area contributed by atoms with Gasteiger partial charge >= 0.3 is 0 Å². The van der Waals surface area contributed by atoms with Crippen LogP contribution in [0.1, 0.15) is 22.8 Å². The molecule has 6 heteroatoms. The molecule has 1 unspecified atom stereocenters. The SMILES string of the molecule is Cc1ccc(C(=O)NNC(=O)C(C)Oc2ccc3ccccc3c2)cc1Br. The molecule has 0 fully saturated rings. The van der Waals surface area contributed by atoms with Gasteiger partial charge in [-0.3, -0.25) is 20.4 Å². The molecule has 1 atom stereocenters. The Labute approximate surface area is 165 Å². The molecule has 3 aromatic carbocycles. The summed E-state index contributed by atoms with van der Waals surface area (Å²) in [5.74, 6) is -0.255. The van der Waals surface area contributed by atoms with Crippen LogP contribution in [0, 0.1) is 6.92 Å². The third-order valence-electron chi connectivity index (χ3n) is 4.14. The summed E-state index contributed by atoms with van der Waals surface area (Å²) < 4.78 is 6.51. The monoisotopic (exact) mass is 426 g/mol. The summed E-state index contributed by atoms with van der Waals surface area (Å²) in [6.07, 6.45) is -0.767. The number of fused-ring (bicyclic) bond motifs is 1. The van der Waals surface area contributed by atoms with Gasteiger partial charge in [0, 0.05) is 10.0 Å². The van der Waals surface area contributed by atoms with Crippen LogP contribution in [0.5, 0.6) is 5.75 Å². The van der Waals surface area contributed by atoms with Crippen LogP contribution in [0.15, 0.2) is 65.1 Å². The Kier molecular flexibility index (Phi) is 5.76. The van der Waals surface area contributed by atoms with E-state index in [1.54, 1.807) is 19.1 Å². The van der Waals surface area contributed by atoms with Crippen molar-refractivity contribution < 1.29 is 14.3 Å². The van der Waals surface area contributed by atoms with Crippen molar-refractivity contribution in [2.75, 3.05) is 0 Å². The molecular formula is C21H19BrN2O3. The predicted molar refractivity (Wildman–Crippen MR) is 109 cm³/mol. The second-order valence-electron chi connectivity index (χ2n) is 6.18. The number of amides is 2. The molecule has 0 aliphatic carbocycles. The molecule has 0 radical (unpaired) electrons. The van der Waals surface area contributed by atoms with Gasteiger partial charge in [-0.2, -0.15) is 0 Å². The number of halogens is 1. The van der Waals surface area contributed by atoms with E-state index in [0.29, 0.717) is 11.3 Å². The molecule has 2 amide bonds. The second-order valence-corrected chi connectivity index (χ2v) is 7.03. The number of carbonyl (C=O) groups excluding carboxylic acids is 2. The first-order valence-electron chi connectivity index (χ1n) is 8.46. The van der Waals surface area contributed by atoms with Crippen LogP contribution >= 0.6 is 15.9 Å². The number of benzene rings is 3. The van der Waals surface area contributed by atoms with Gasteiger partial charge in [0.25, 0.3) is 11.8 Å². The Morgan fingerprint density at radius 1 is 0.963 bits per heavy atom. The first kappa shape index (κ1) is 18.9. The molecule has 27 heavy (non-hydrogen) atoms. The van der Waals surface area contributed by atoms with Crippen LogP contribution in [0.3, 0.4) is 0 Å². The quantitative estimate of drug-likeness (QED) is 0.616. The van der Waals surface area contributed by atoms with Crippen LogP contribution in [-0.2, 0) is 4.79 Å². The minimum atomic E-state index is -0.767. The lowest BCUT2D eigenvalue weighted by atomic mass is 10.1. The van der Waals surface area contributed by atoms with E-state index in [2.05, 4.69) is 26.8 Å². The molecule has 0 saturated carbocycles. The fourth-order valence-corrected chi connectivity index (χ4v) is 2.90. The first-order chi connectivity index (χ1) is 12.9. The normalized spacial score (nSPS) is 11.7. The molecule has 5 nitrogen and oxygen atoms in total. The average molecular weight is 427 g/mol. The smallest absolute Gasteiger partial charge is 0.279 e. The summed E-state index contributed by atoms with van der Waals surface area (Å²) in [7, 11) is 0. The third-order valence-corrected chi connectivity index (χ3v) is 4.99. The Bertz CT molecular complexity index is 1000. The van der Waals surface area contributed by atoms with Crippen molar-refractivity contribution in [2.24, 2.45) is 0 Å². The van der Waals surface area contributed by atoms with Gasteiger partial charge in [-0.25, -0.2) is 0 Å². The summed E-state index contributed by atoms with van der Waals surface area (Å²) in [6, 6.07) is 18.7. The Hall–Kier alpha value is -2.86. The number of carbonyl (C=O) groups is 2. The highest BCUT2D eigenvalue weighted by molar-refractivity contribution is 9.10. The van der Waals surface area contributed by atoms with E-state index in [1.807, 2.05) is 55.5 Å². The molecule has 0 bridgehead atoms. The predicted octanol–water partition coefficient (Wildman–Crippen LogP) is 4.14. The fraction of sp³-hybridized carbons (Fsp3) is 0.143. The molecule has 0 aliphatic rings. The maximum Gasteiger partial charge on any atom is 0.279 e. The van der Waals surface area contributed by atoms with E-state index in [-0.39, 0.29) is 0 Å². The minimum absolute atomic E-state index is 0.401. The lowest BCUT2D eigenvalue weighted by Crippen LogP contribution is -2.47. The summed E-state index contributed by atoms with van der Waals surface area (Å²) in [5.41, 5.74) is 6.26. The summed E-state index contributed by atoms with van der Waals surface area (Å²) in [5, 5.41) is 2.12. The Balaban J connectivity index is 1.58. The highest BCUT2D eigenvalue weighted by Gasteiger charge is 2.16. The van der Waals surface area contributed by atoms with Gasteiger partial charge in [-0.1, -0.05) is 52.3 Å². The summed E-state index contributed by atoms with van der Waals surface area (Å²) in [4.78, 5) is 24.4. The molecule has 0 aromatic heterocycles. The van der Waals surface area contributed by atoms with Crippen LogP contribution < -0.4 is 15.6 Å². The van der Waals surface area contributed by atoms with Gasteiger partial charge in [0.15, 0.2) is 6.10 Å². The highest BCUT2D eigenvalue weighted by Crippen LogP contribution is 2.21. The standard InChI is InChI=1S/C21H19BrN2O3/c1-13-7-8-17(12-19(13)22)21(26)24-23-20(25)14(2)27-18-10-9-15-5-3-4-6-16(15)11-18/h3-12,14H,1-2H3,(H,23,25)(H,24,26). The molecule has 0 saturated heterocycles. The van der Waals surface area contributed by atoms with Gasteiger partial charge in [0.2, 0.25) is 0 Å². The van der Waals surface area contributed by atoms with Crippen LogP contribution in [0.25, 0.3) is 10.8 Å². The number of hydrazine groups is 1. The van der Waals surface area contributed by atoms with Crippen molar-refractivity contribution >= 4 is 38.5 Å². The van der Waals surface area contributed by atoms with Crippen molar-refractivity contribution in [3.63, 3.8) is 0 Å². The molecular weight excluding hydrogens is 408 g/mol. The maximum atomic E-state index is 12.2. The van der Waals surface area contributed by atoms with E-state index in [4.69, 9.17) is 4.74 Å². The van der Waals surface area contributed by atoms with Crippen molar-refractivity contribution in [1.29, 1.82) is 0 Å².